The molecule has 0 saturated heterocycles. The van der Waals surface area contributed by atoms with Crippen molar-refractivity contribution in [2.45, 2.75) is 33.3 Å². The smallest absolute Gasteiger partial charge is 0.412 e. The molecule has 166 valence electrons. The largest absolute Gasteiger partial charge is 0.444 e. The molecule has 32 heavy (non-hydrogen) atoms. The van der Waals surface area contributed by atoms with E-state index in [0.29, 0.717) is 23.5 Å². The summed E-state index contributed by atoms with van der Waals surface area (Å²) in [6, 6.07) is 23.0. The highest BCUT2D eigenvalue weighted by Gasteiger charge is 2.23. The van der Waals surface area contributed by atoms with Gasteiger partial charge in [0, 0.05) is 15.7 Å². The Morgan fingerprint density at radius 3 is 2.19 bits per heavy atom. The molecule has 3 aromatic carbocycles. The van der Waals surface area contributed by atoms with Crippen molar-refractivity contribution in [1.82, 2.24) is 0 Å². The number of rotatable bonds is 5. The van der Waals surface area contributed by atoms with Crippen LogP contribution in [0, 0.1) is 3.57 Å². The normalized spacial score (nSPS) is 11.0. The fraction of sp³-hybridized carbons (Fsp3) is 0.231. The maximum Gasteiger partial charge on any atom is 0.412 e. The van der Waals surface area contributed by atoms with Crippen LogP contribution in [0.3, 0.4) is 0 Å². The topological polar surface area (TPSA) is 58.6 Å². The third kappa shape index (κ3) is 6.09. The summed E-state index contributed by atoms with van der Waals surface area (Å²) in [5, 5.41) is 2.82. The number of nitrogens with zero attached hydrogens (tertiary/aromatic N) is 1. The summed E-state index contributed by atoms with van der Waals surface area (Å²) in [7, 11) is 0. The van der Waals surface area contributed by atoms with Crippen LogP contribution in [-0.4, -0.2) is 24.1 Å². The zero-order valence-corrected chi connectivity index (χ0v) is 20.8. The Kier molecular flexibility index (Phi) is 7.56. The van der Waals surface area contributed by atoms with E-state index in [9.17, 15) is 9.59 Å². The van der Waals surface area contributed by atoms with E-state index in [1.165, 1.54) is 0 Å². The van der Waals surface area contributed by atoms with E-state index in [1.807, 2.05) is 100 Å². The molecule has 2 amide bonds. The zero-order valence-electron chi connectivity index (χ0n) is 18.7. The van der Waals surface area contributed by atoms with Crippen molar-refractivity contribution < 1.29 is 14.3 Å². The quantitative estimate of drug-likeness (QED) is 0.354. The van der Waals surface area contributed by atoms with Gasteiger partial charge in [0.25, 0.3) is 5.91 Å². The Morgan fingerprint density at radius 1 is 0.938 bits per heavy atom. The van der Waals surface area contributed by atoms with Gasteiger partial charge in [0.1, 0.15) is 5.60 Å². The number of hydrogen-bond donors (Lipinski definition) is 1. The highest BCUT2D eigenvalue weighted by molar-refractivity contribution is 14.1. The maximum atomic E-state index is 13.4. The molecule has 0 spiro atoms. The monoisotopic (exact) mass is 542 g/mol. The third-order valence-electron chi connectivity index (χ3n) is 4.68. The first-order valence-electron chi connectivity index (χ1n) is 10.4. The number of ether oxygens (including phenoxy) is 1. The molecular weight excluding hydrogens is 515 g/mol. The molecule has 0 heterocycles. The van der Waals surface area contributed by atoms with Crippen molar-refractivity contribution in [2.75, 3.05) is 16.8 Å². The summed E-state index contributed by atoms with van der Waals surface area (Å²) >= 11 is 2.21. The maximum absolute atomic E-state index is 13.4. The molecule has 0 atom stereocenters. The van der Waals surface area contributed by atoms with E-state index in [1.54, 1.807) is 4.90 Å². The molecule has 6 heteroatoms. The van der Waals surface area contributed by atoms with Crippen LogP contribution in [0.5, 0.6) is 0 Å². The predicted octanol–water partition coefficient (Wildman–Crippen LogP) is 6.97. The van der Waals surface area contributed by atoms with Crippen LogP contribution < -0.4 is 10.2 Å². The minimum atomic E-state index is -0.629. The van der Waals surface area contributed by atoms with Crippen molar-refractivity contribution in [2.24, 2.45) is 0 Å². The number of amides is 2. The minimum Gasteiger partial charge on any atom is -0.444 e. The Bertz CT molecular complexity index is 1090. The van der Waals surface area contributed by atoms with Gasteiger partial charge in [0.2, 0.25) is 0 Å². The molecule has 0 aromatic heterocycles. The summed E-state index contributed by atoms with van der Waals surface area (Å²) in [4.78, 5) is 27.5. The molecule has 0 saturated carbocycles. The molecule has 0 aliphatic heterocycles. The Balaban J connectivity index is 2.04. The van der Waals surface area contributed by atoms with Crippen LogP contribution in [0.1, 0.15) is 38.1 Å². The number of anilines is 2. The summed E-state index contributed by atoms with van der Waals surface area (Å²) in [6.07, 6.45) is -0.566. The van der Waals surface area contributed by atoms with Crippen LogP contribution in [0.2, 0.25) is 0 Å². The SMILES string of the molecule is CCN(C(=O)c1ccc(I)cc1)c1cc(-c2ccccc2)ccc1NC(=O)OC(C)(C)C. The summed E-state index contributed by atoms with van der Waals surface area (Å²) < 4.78 is 6.48. The molecule has 0 radical (unpaired) electrons. The van der Waals surface area contributed by atoms with E-state index in [-0.39, 0.29) is 5.91 Å². The van der Waals surface area contributed by atoms with Gasteiger partial charge in [-0.1, -0.05) is 36.4 Å². The predicted molar refractivity (Wildman–Crippen MR) is 138 cm³/mol. The van der Waals surface area contributed by atoms with Gasteiger partial charge >= 0.3 is 6.09 Å². The fourth-order valence-electron chi connectivity index (χ4n) is 3.26. The molecule has 5 nitrogen and oxygen atoms in total. The second-order valence-corrected chi connectivity index (χ2v) is 9.53. The number of carbonyl (C=O) groups excluding carboxylic acids is 2. The Labute approximate surface area is 202 Å². The van der Waals surface area contributed by atoms with Crippen molar-refractivity contribution in [3.8, 4) is 11.1 Å². The van der Waals surface area contributed by atoms with Gasteiger partial charge in [-0.05, 0) is 97.8 Å². The molecule has 0 aliphatic carbocycles. The first-order valence-corrected chi connectivity index (χ1v) is 11.5. The van der Waals surface area contributed by atoms with Crippen molar-refractivity contribution in [3.63, 3.8) is 0 Å². The molecule has 0 aliphatic rings. The number of nitrogens with one attached hydrogen (secondary N) is 1. The number of halogens is 1. The second-order valence-electron chi connectivity index (χ2n) is 8.28. The fourth-order valence-corrected chi connectivity index (χ4v) is 3.62. The van der Waals surface area contributed by atoms with Gasteiger partial charge in [-0.15, -0.1) is 0 Å². The van der Waals surface area contributed by atoms with Crippen molar-refractivity contribution in [3.05, 3.63) is 81.9 Å². The van der Waals surface area contributed by atoms with Gasteiger partial charge in [0.15, 0.2) is 0 Å². The van der Waals surface area contributed by atoms with Gasteiger partial charge in [0.05, 0.1) is 11.4 Å². The minimum absolute atomic E-state index is 0.138. The van der Waals surface area contributed by atoms with Crippen molar-refractivity contribution in [1.29, 1.82) is 0 Å². The second kappa shape index (κ2) is 10.2. The zero-order chi connectivity index (χ0) is 23.3. The van der Waals surface area contributed by atoms with E-state index in [2.05, 4.69) is 27.9 Å². The Morgan fingerprint density at radius 2 is 1.59 bits per heavy atom. The van der Waals surface area contributed by atoms with E-state index < -0.39 is 11.7 Å². The highest BCUT2D eigenvalue weighted by Crippen LogP contribution is 2.33. The molecule has 1 N–H and O–H groups in total. The number of carbonyl (C=O) groups is 2. The number of benzene rings is 3. The van der Waals surface area contributed by atoms with Crippen LogP contribution >= 0.6 is 22.6 Å². The lowest BCUT2D eigenvalue weighted by atomic mass is 10.0. The highest BCUT2D eigenvalue weighted by atomic mass is 127. The number of hydrogen-bond acceptors (Lipinski definition) is 3. The third-order valence-corrected chi connectivity index (χ3v) is 5.40. The molecule has 0 fully saturated rings. The van der Waals surface area contributed by atoms with Crippen LogP contribution in [0.25, 0.3) is 11.1 Å². The first-order chi connectivity index (χ1) is 15.2. The van der Waals surface area contributed by atoms with Gasteiger partial charge in [-0.3, -0.25) is 10.1 Å². The summed E-state index contributed by atoms with van der Waals surface area (Å²) in [5.74, 6) is -0.138. The average molecular weight is 542 g/mol. The average Bonchev–Trinajstić information content (AvgIpc) is 2.75. The van der Waals surface area contributed by atoms with E-state index >= 15 is 0 Å². The van der Waals surface area contributed by atoms with Gasteiger partial charge in [-0.2, -0.15) is 0 Å². The van der Waals surface area contributed by atoms with Crippen LogP contribution in [0.15, 0.2) is 72.8 Å². The standard InChI is InChI=1S/C26H27IN2O3/c1-5-29(24(30)19-11-14-21(27)15-12-19)23-17-20(18-9-7-6-8-10-18)13-16-22(23)28-25(31)32-26(2,3)4/h6-17H,5H2,1-4H3,(H,28,31). The molecular formula is C26H27IN2O3. The van der Waals surface area contributed by atoms with Crippen LogP contribution in [0.4, 0.5) is 16.2 Å². The summed E-state index contributed by atoms with van der Waals surface area (Å²) in [5.41, 5.74) is 3.05. The van der Waals surface area contributed by atoms with Gasteiger partial charge in [-0.25, -0.2) is 4.79 Å². The molecule has 0 bridgehead atoms. The van der Waals surface area contributed by atoms with E-state index in [0.717, 1.165) is 14.7 Å². The van der Waals surface area contributed by atoms with Crippen molar-refractivity contribution >= 4 is 46.0 Å². The lowest BCUT2D eigenvalue weighted by Gasteiger charge is -2.26. The summed E-state index contributed by atoms with van der Waals surface area (Å²) in [6.45, 7) is 7.78. The van der Waals surface area contributed by atoms with E-state index in [4.69, 9.17) is 4.74 Å². The van der Waals surface area contributed by atoms with Gasteiger partial charge < -0.3 is 9.64 Å². The lowest BCUT2D eigenvalue weighted by Crippen LogP contribution is -2.32. The molecule has 0 unspecified atom stereocenters. The molecule has 3 rings (SSSR count). The Hall–Kier alpha value is -2.87. The first kappa shape index (κ1) is 23.8. The molecule has 3 aromatic rings. The lowest BCUT2D eigenvalue weighted by molar-refractivity contribution is 0.0635. The van der Waals surface area contributed by atoms with Crippen LogP contribution in [-0.2, 0) is 4.74 Å².